The van der Waals surface area contributed by atoms with Crippen molar-refractivity contribution in [1.29, 1.82) is 0 Å². The number of rotatable bonds is 0. The van der Waals surface area contributed by atoms with E-state index in [0.717, 1.165) is 18.4 Å². The first-order chi connectivity index (χ1) is 5.70. The third-order valence-electron chi connectivity index (χ3n) is 2.56. The van der Waals surface area contributed by atoms with Gasteiger partial charge in [-0.1, -0.05) is 13.0 Å². The molecule has 1 aromatic rings. The molecular formula is C10H10F2. The number of aryl methyl sites for hydroxylation is 1. The summed E-state index contributed by atoms with van der Waals surface area (Å²) in [4.78, 5) is 0. The quantitative estimate of drug-likeness (QED) is 0.558. The fraction of sp³-hybridized carbons (Fsp3) is 0.400. The van der Waals surface area contributed by atoms with Crippen molar-refractivity contribution in [3.8, 4) is 0 Å². The Labute approximate surface area is 70.2 Å². The second-order valence-electron chi connectivity index (χ2n) is 3.37. The van der Waals surface area contributed by atoms with Crippen LogP contribution in [0.2, 0.25) is 0 Å². The van der Waals surface area contributed by atoms with Crippen molar-refractivity contribution in [3.63, 3.8) is 0 Å². The van der Waals surface area contributed by atoms with Crippen molar-refractivity contribution in [2.45, 2.75) is 25.7 Å². The van der Waals surface area contributed by atoms with E-state index < -0.39 is 11.6 Å². The van der Waals surface area contributed by atoms with Gasteiger partial charge in [0.1, 0.15) is 0 Å². The van der Waals surface area contributed by atoms with Crippen LogP contribution >= 0.6 is 0 Å². The molecule has 0 radical (unpaired) electrons. The van der Waals surface area contributed by atoms with Gasteiger partial charge in [0.2, 0.25) is 0 Å². The SMILES string of the molecule is C[C@H]1CCc2ccc(F)c(F)c21. The van der Waals surface area contributed by atoms with Gasteiger partial charge in [-0.05, 0) is 36.0 Å². The van der Waals surface area contributed by atoms with Gasteiger partial charge in [0.05, 0.1) is 0 Å². The number of hydrogen-bond acceptors (Lipinski definition) is 0. The molecule has 0 aliphatic heterocycles. The zero-order chi connectivity index (χ0) is 8.72. The first-order valence-electron chi connectivity index (χ1n) is 4.17. The van der Waals surface area contributed by atoms with Gasteiger partial charge in [0, 0.05) is 0 Å². The second kappa shape index (κ2) is 2.54. The number of fused-ring (bicyclic) bond motifs is 1. The Kier molecular flexibility index (Phi) is 1.63. The van der Waals surface area contributed by atoms with Crippen LogP contribution < -0.4 is 0 Å². The summed E-state index contributed by atoms with van der Waals surface area (Å²) < 4.78 is 26.0. The van der Waals surface area contributed by atoms with E-state index in [2.05, 4.69) is 0 Å². The molecule has 2 rings (SSSR count). The second-order valence-corrected chi connectivity index (χ2v) is 3.37. The molecule has 0 saturated heterocycles. The van der Waals surface area contributed by atoms with Crippen molar-refractivity contribution < 1.29 is 8.78 Å². The van der Waals surface area contributed by atoms with Crippen molar-refractivity contribution in [3.05, 3.63) is 34.9 Å². The summed E-state index contributed by atoms with van der Waals surface area (Å²) in [6.07, 6.45) is 1.82. The fourth-order valence-corrected chi connectivity index (χ4v) is 1.87. The molecule has 0 saturated carbocycles. The van der Waals surface area contributed by atoms with Gasteiger partial charge in [-0.3, -0.25) is 0 Å². The Morgan fingerprint density at radius 1 is 1.33 bits per heavy atom. The first-order valence-corrected chi connectivity index (χ1v) is 4.17. The highest BCUT2D eigenvalue weighted by molar-refractivity contribution is 5.36. The van der Waals surface area contributed by atoms with Gasteiger partial charge in [0.15, 0.2) is 11.6 Å². The van der Waals surface area contributed by atoms with Gasteiger partial charge in [0.25, 0.3) is 0 Å². The smallest absolute Gasteiger partial charge is 0.162 e. The van der Waals surface area contributed by atoms with Gasteiger partial charge in [-0.2, -0.15) is 0 Å². The molecule has 0 N–H and O–H groups in total. The lowest BCUT2D eigenvalue weighted by atomic mass is 10.0. The molecule has 0 amide bonds. The van der Waals surface area contributed by atoms with E-state index in [-0.39, 0.29) is 5.92 Å². The number of halogens is 2. The van der Waals surface area contributed by atoms with E-state index in [9.17, 15) is 8.78 Å². The van der Waals surface area contributed by atoms with Crippen LogP contribution in [0.1, 0.15) is 30.4 Å². The summed E-state index contributed by atoms with van der Waals surface area (Å²) in [5, 5.41) is 0. The van der Waals surface area contributed by atoms with E-state index >= 15 is 0 Å². The maximum absolute atomic E-state index is 13.2. The molecule has 1 aliphatic carbocycles. The van der Waals surface area contributed by atoms with Crippen LogP contribution in [0.15, 0.2) is 12.1 Å². The van der Waals surface area contributed by atoms with Crippen LogP contribution in [0.4, 0.5) is 8.78 Å². The van der Waals surface area contributed by atoms with Crippen LogP contribution in [-0.2, 0) is 6.42 Å². The molecule has 2 heteroatoms. The molecular weight excluding hydrogens is 158 g/mol. The maximum atomic E-state index is 13.2. The largest absolute Gasteiger partial charge is 0.204 e. The predicted octanol–water partition coefficient (Wildman–Crippen LogP) is 3.01. The van der Waals surface area contributed by atoms with Crippen molar-refractivity contribution in [2.75, 3.05) is 0 Å². The van der Waals surface area contributed by atoms with E-state index in [1.54, 1.807) is 6.07 Å². The lowest BCUT2D eigenvalue weighted by Crippen LogP contribution is -1.95. The molecule has 0 heterocycles. The predicted molar refractivity (Wildman–Crippen MR) is 43.1 cm³/mol. The van der Waals surface area contributed by atoms with Crippen LogP contribution in [-0.4, -0.2) is 0 Å². The first kappa shape index (κ1) is 7.71. The Morgan fingerprint density at radius 2 is 2.08 bits per heavy atom. The van der Waals surface area contributed by atoms with E-state index in [4.69, 9.17) is 0 Å². The number of benzene rings is 1. The standard InChI is InChI=1S/C10H10F2/c1-6-2-3-7-4-5-8(11)10(12)9(6)7/h4-6H,2-3H2,1H3/t6-/m0/s1. The van der Waals surface area contributed by atoms with E-state index in [0.29, 0.717) is 5.56 Å². The zero-order valence-corrected chi connectivity index (χ0v) is 6.90. The molecule has 0 bridgehead atoms. The molecule has 0 aromatic heterocycles. The zero-order valence-electron chi connectivity index (χ0n) is 6.90. The highest BCUT2D eigenvalue weighted by Crippen LogP contribution is 2.35. The molecule has 1 aliphatic rings. The summed E-state index contributed by atoms with van der Waals surface area (Å²) in [5.41, 5.74) is 1.57. The van der Waals surface area contributed by atoms with Crippen LogP contribution in [0.3, 0.4) is 0 Å². The fourth-order valence-electron chi connectivity index (χ4n) is 1.87. The molecule has 1 aromatic carbocycles. The van der Waals surface area contributed by atoms with Crippen molar-refractivity contribution in [2.24, 2.45) is 0 Å². The number of hydrogen-bond donors (Lipinski definition) is 0. The monoisotopic (exact) mass is 168 g/mol. The third-order valence-corrected chi connectivity index (χ3v) is 2.56. The van der Waals surface area contributed by atoms with Crippen molar-refractivity contribution in [1.82, 2.24) is 0 Å². The highest BCUT2D eigenvalue weighted by atomic mass is 19.2. The minimum absolute atomic E-state index is 0.177. The molecule has 64 valence electrons. The lowest BCUT2D eigenvalue weighted by Gasteiger charge is -2.05. The normalized spacial score (nSPS) is 21.1. The minimum atomic E-state index is -0.720. The average Bonchev–Trinajstić information content (AvgIpc) is 2.41. The molecule has 0 fully saturated rings. The summed E-state index contributed by atoms with van der Waals surface area (Å²) in [7, 11) is 0. The van der Waals surface area contributed by atoms with Gasteiger partial charge < -0.3 is 0 Å². The van der Waals surface area contributed by atoms with Crippen molar-refractivity contribution >= 4 is 0 Å². The summed E-state index contributed by atoms with van der Waals surface area (Å²) >= 11 is 0. The third kappa shape index (κ3) is 0.942. The average molecular weight is 168 g/mol. The highest BCUT2D eigenvalue weighted by Gasteiger charge is 2.23. The lowest BCUT2D eigenvalue weighted by molar-refractivity contribution is 0.494. The maximum Gasteiger partial charge on any atom is 0.162 e. The van der Waals surface area contributed by atoms with E-state index in [1.165, 1.54) is 6.07 Å². The molecule has 12 heavy (non-hydrogen) atoms. The van der Waals surface area contributed by atoms with Gasteiger partial charge >= 0.3 is 0 Å². The van der Waals surface area contributed by atoms with Gasteiger partial charge in [-0.15, -0.1) is 0 Å². The summed E-state index contributed by atoms with van der Waals surface area (Å²) in [6, 6.07) is 2.91. The van der Waals surface area contributed by atoms with Crippen LogP contribution in [0.25, 0.3) is 0 Å². The minimum Gasteiger partial charge on any atom is -0.204 e. The van der Waals surface area contributed by atoms with E-state index in [1.807, 2.05) is 6.92 Å². The van der Waals surface area contributed by atoms with Crippen LogP contribution in [0.5, 0.6) is 0 Å². The molecule has 0 nitrogen and oxygen atoms in total. The molecule has 0 spiro atoms. The summed E-state index contributed by atoms with van der Waals surface area (Å²) in [5.74, 6) is -1.18. The topological polar surface area (TPSA) is 0 Å². The van der Waals surface area contributed by atoms with Gasteiger partial charge in [-0.25, -0.2) is 8.78 Å². The Morgan fingerprint density at radius 3 is 2.83 bits per heavy atom. The summed E-state index contributed by atoms with van der Waals surface area (Å²) in [6.45, 7) is 1.94. The van der Waals surface area contributed by atoms with Crippen LogP contribution in [0, 0.1) is 11.6 Å². The Hall–Kier alpha value is -0.920. The molecule has 0 unspecified atom stereocenters. The molecule has 1 atom stereocenters. The Bertz CT molecular complexity index is 318. The Balaban J connectivity index is 2.63.